The number of carbonyl (C=O) groups excluding carboxylic acids is 2. The zero-order chi connectivity index (χ0) is 21.7. The SMILES string of the molecule is CCN(CC)C(=O)CNC(=O)C1CCN(S(=O)(=O)c2ccc3c(c2)OCCO3)CC1. The fraction of sp³-hybridized carbons (Fsp3) is 0.600. The predicted molar refractivity (Wildman–Crippen MR) is 110 cm³/mol. The van der Waals surface area contributed by atoms with Gasteiger partial charge in [0.1, 0.15) is 13.2 Å². The third kappa shape index (κ3) is 4.86. The zero-order valence-corrected chi connectivity index (χ0v) is 18.2. The molecule has 1 N–H and O–H groups in total. The first-order valence-corrected chi connectivity index (χ1v) is 11.8. The molecule has 2 heterocycles. The van der Waals surface area contributed by atoms with E-state index in [-0.39, 0.29) is 42.3 Å². The summed E-state index contributed by atoms with van der Waals surface area (Å²) in [6.45, 7) is 6.27. The van der Waals surface area contributed by atoms with Crippen LogP contribution in [0.5, 0.6) is 11.5 Å². The summed E-state index contributed by atoms with van der Waals surface area (Å²) in [6, 6.07) is 4.61. The van der Waals surface area contributed by atoms with Crippen molar-refractivity contribution >= 4 is 21.8 Å². The van der Waals surface area contributed by atoms with E-state index in [0.29, 0.717) is 50.6 Å². The summed E-state index contributed by atoms with van der Waals surface area (Å²) in [4.78, 5) is 26.3. The Kier molecular flexibility index (Phi) is 7.19. The molecule has 30 heavy (non-hydrogen) atoms. The lowest BCUT2D eigenvalue weighted by atomic mass is 9.97. The maximum absolute atomic E-state index is 13.0. The van der Waals surface area contributed by atoms with Crippen LogP contribution in [0, 0.1) is 5.92 Å². The molecule has 2 aliphatic heterocycles. The quantitative estimate of drug-likeness (QED) is 0.675. The molecule has 166 valence electrons. The van der Waals surface area contributed by atoms with Crippen molar-refractivity contribution in [3.05, 3.63) is 18.2 Å². The molecule has 0 aromatic heterocycles. The van der Waals surface area contributed by atoms with E-state index in [4.69, 9.17) is 9.47 Å². The number of piperidine rings is 1. The van der Waals surface area contributed by atoms with Gasteiger partial charge in [-0.25, -0.2) is 8.42 Å². The topological polar surface area (TPSA) is 105 Å². The minimum Gasteiger partial charge on any atom is -0.486 e. The minimum absolute atomic E-state index is 0.0315. The molecular formula is C20H29N3O6S. The van der Waals surface area contributed by atoms with E-state index in [0.717, 1.165) is 0 Å². The Labute approximate surface area is 177 Å². The average Bonchev–Trinajstić information content (AvgIpc) is 2.78. The van der Waals surface area contributed by atoms with Gasteiger partial charge < -0.3 is 19.7 Å². The van der Waals surface area contributed by atoms with Gasteiger partial charge >= 0.3 is 0 Å². The highest BCUT2D eigenvalue weighted by molar-refractivity contribution is 7.89. The van der Waals surface area contributed by atoms with E-state index < -0.39 is 10.0 Å². The molecule has 1 saturated heterocycles. The van der Waals surface area contributed by atoms with Crippen molar-refractivity contribution in [3.63, 3.8) is 0 Å². The molecule has 10 heteroatoms. The average molecular weight is 440 g/mol. The molecule has 1 fully saturated rings. The van der Waals surface area contributed by atoms with E-state index in [9.17, 15) is 18.0 Å². The Bertz CT molecular complexity index is 877. The van der Waals surface area contributed by atoms with Gasteiger partial charge in [0, 0.05) is 38.2 Å². The Hall–Kier alpha value is -2.33. The molecule has 0 radical (unpaired) electrons. The molecule has 3 rings (SSSR count). The molecule has 0 unspecified atom stereocenters. The number of ether oxygens (including phenoxy) is 2. The molecule has 1 aromatic carbocycles. The summed E-state index contributed by atoms with van der Waals surface area (Å²) in [5.41, 5.74) is 0. The lowest BCUT2D eigenvalue weighted by Crippen LogP contribution is -2.45. The van der Waals surface area contributed by atoms with Crippen LogP contribution in [-0.2, 0) is 19.6 Å². The normalized spacial score (nSPS) is 17.4. The minimum atomic E-state index is -3.68. The van der Waals surface area contributed by atoms with Gasteiger partial charge in [0.25, 0.3) is 0 Å². The number of hydrogen-bond donors (Lipinski definition) is 1. The van der Waals surface area contributed by atoms with Crippen LogP contribution in [0.1, 0.15) is 26.7 Å². The third-order valence-electron chi connectivity index (χ3n) is 5.51. The molecule has 0 bridgehead atoms. The van der Waals surface area contributed by atoms with Crippen molar-refractivity contribution in [3.8, 4) is 11.5 Å². The second-order valence-corrected chi connectivity index (χ2v) is 9.21. The van der Waals surface area contributed by atoms with E-state index in [1.54, 1.807) is 11.0 Å². The van der Waals surface area contributed by atoms with E-state index >= 15 is 0 Å². The van der Waals surface area contributed by atoms with Gasteiger partial charge in [0.05, 0.1) is 11.4 Å². The van der Waals surface area contributed by atoms with Crippen molar-refractivity contribution in [2.45, 2.75) is 31.6 Å². The van der Waals surface area contributed by atoms with Crippen molar-refractivity contribution in [1.82, 2.24) is 14.5 Å². The fourth-order valence-electron chi connectivity index (χ4n) is 3.69. The van der Waals surface area contributed by atoms with Gasteiger partial charge in [-0.1, -0.05) is 0 Å². The van der Waals surface area contributed by atoms with Crippen molar-refractivity contribution < 1.29 is 27.5 Å². The van der Waals surface area contributed by atoms with Crippen LogP contribution in [0.2, 0.25) is 0 Å². The van der Waals surface area contributed by atoms with Gasteiger partial charge in [-0.3, -0.25) is 9.59 Å². The summed E-state index contributed by atoms with van der Waals surface area (Å²) >= 11 is 0. The highest BCUT2D eigenvalue weighted by Gasteiger charge is 2.33. The number of nitrogens with one attached hydrogen (secondary N) is 1. The lowest BCUT2D eigenvalue weighted by Gasteiger charge is -2.31. The Morgan fingerprint density at radius 2 is 1.73 bits per heavy atom. The zero-order valence-electron chi connectivity index (χ0n) is 17.4. The van der Waals surface area contributed by atoms with Crippen LogP contribution in [0.25, 0.3) is 0 Å². The molecule has 2 amide bonds. The lowest BCUT2D eigenvalue weighted by molar-refractivity contribution is -0.134. The number of carbonyl (C=O) groups is 2. The largest absolute Gasteiger partial charge is 0.486 e. The number of fused-ring (bicyclic) bond motifs is 1. The van der Waals surface area contributed by atoms with Gasteiger partial charge in [0.2, 0.25) is 21.8 Å². The maximum atomic E-state index is 13.0. The van der Waals surface area contributed by atoms with E-state index in [1.807, 2.05) is 13.8 Å². The number of benzene rings is 1. The van der Waals surface area contributed by atoms with Gasteiger partial charge in [-0.15, -0.1) is 0 Å². The first kappa shape index (κ1) is 22.4. The molecular weight excluding hydrogens is 410 g/mol. The monoisotopic (exact) mass is 439 g/mol. The van der Waals surface area contributed by atoms with E-state index in [2.05, 4.69) is 5.32 Å². The van der Waals surface area contributed by atoms with Gasteiger partial charge in [0.15, 0.2) is 11.5 Å². The molecule has 2 aliphatic rings. The van der Waals surface area contributed by atoms with Crippen molar-refractivity contribution in [2.75, 3.05) is 45.9 Å². The van der Waals surface area contributed by atoms with Crippen LogP contribution in [-0.4, -0.2) is 75.4 Å². The first-order valence-electron chi connectivity index (χ1n) is 10.3. The maximum Gasteiger partial charge on any atom is 0.243 e. The second kappa shape index (κ2) is 9.65. The summed E-state index contributed by atoms with van der Waals surface area (Å²) in [7, 11) is -3.68. The second-order valence-electron chi connectivity index (χ2n) is 7.27. The summed E-state index contributed by atoms with van der Waals surface area (Å²) in [5.74, 6) is 0.337. The number of hydrogen-bond acceptors (Lipinski definition) is 6. The highest BCUT2D eigenvalue weighted by Crippen LogP contribution is 2.34. The highest BCUT2D eigenvalue weighted by atomic mass is 32.2. The number of rotatable bonds is 7. The van der Waals surface area contributed by atoms with Crippen molar-refractivity contribution in [1.29, 1.82) is 0 Å². The first-order chi connectivity index (χ1) is 14.4. The van der Waals surface area contributed by atoms with Crippen LogP contribution in [0.3, 0.4) is 0 Å². The Morgan fingerprint density at radius 3 is 2.37 bits per heavy atom. The molecule has 0 aliphatic carbocycles. The van der Waals surface area contributed by atoms with Gasteiger partial charge in [-0.05, 0) is 38.8 Å². The number of amides is 2. The molecule has 9 nitrogen and oxygen atoms in total. The summed E-state index contributed by atoms with van der Waals surface area (Å²) in [5, 5.41) is 2.69. The standard InChI is InChI=1S/C20H29N3O6S/c1-3-22(4-2)19(24)14-21-20(25)15-7-9-23(10-8-15)30(26,27)16-5-6-17-18(13-16)29-12-11-28-17/h5-6,13,15H,3-4,7-12,14H2,1-2H3,(H,21,25). The predicted octanol–water partition coefficient (Wildman–Crippen LogP) is 0.843. The Balaban J connectivity index is 1.55. The Morgan fingerprint density at radius 1 is 1.10 bits per heavy atom. The molecule has 0 saturated carbocycles. The van der Waals surface area contributed by atoms with Crippen LogP contribution in [0.4, 0.5) is 0 Å². The van der Waals surface area contributed by atoms with Gasteiger partial charge in [-0.2, -0.15) is 4.31 Å². The number of sulfonamides is 1. The molecule has 0 atom stereocenters. The summed E-state index contributed by atoms with van der Waals surface area (Å²) < 4.78 is 38.3. The van der Waals surface area contributed by atoms with Crippen molar-refractivity contribution in [2.24, 2.45) is 5.92 Å². The third-order valence-corrected chi connectivity index (χ3v) is 7.40. The smallest absolute Gasteiger partial charge is 0.243 e. The molecule has 1 aromatic rings. The summed E-state index contributed by atoms with van der Waals surface area (Å²) in [6.07, 6.45) is 0.824. The molecule has 0 spiro atoms. The van der Waals surface area contributed by atoms with E-state index in [1.165, 1.54) is 16.4 Å². The van der Waals surface area contributed by atoms with Crippen LogP contribution in [0.15, 0.2) is 23.1 Å². The fourth-order valence-corrected chi connectivity index (χ4v) is 5.17. The van der Waals surface area contributed by atoms with Crippen LogP contribution >= 0.6 is 0 Å². The van der Waals surface area contributed by atoms with Crippen LogP contribution < -0.4 is 14.8 Å². The number of nitrogens with zero attached hydrogens (tertiary/aromatic N) is 2. The number of likely N-dealkylation sites (N-methyl/N-ethyl adjacent to an activating group) is 1.